The van der Waals surface area contributed by atoms with Crippen LogP contribution < -0.4 is 0 Å². The van der Waals surface area contributed by atoms with Crippen molar-refractivity contribution >= 4 is 11.6 Å². The summed E-state index contributed by atoms with van der Waals surface area (Å²) in [5.41, 5.74) is 6.98. The molecule has 6 nitrogen and oxygen atoms in total. The summed E-state index contributed by atoms with van der Waals surface area (Å²) in [7, 11) is 0. The Morgan fingerprint density at radius 2 is 1.64 bits per heavy atom. The van der Waals surface area contributed by atoms with Crippen LogP contribution in [-0.2, 0) is 0 Å². The highest BCUT2D eigenvalue weighted by Crippen LogP contribution is 2.31. The second-order valence-electron chi connectivity index (χ2n) is 8.83. The molecule has 0 aliphatic carbocycles. The van der Waals surface area contributed by atoms with Crippen molar-refractivity contribution in [1.29, 1.82) is 0 Å². The number of carbonyl (C=O) groups excluding carboxylic acids is 1. The van der Waals surface area contributed by atoms with Crippen LogP contribution in [0.2, 0.25) is 0 Å². The molecule has 4 heterocycles. The molecular weight excluding hydrogens is 417 g/mol. The number of piperidine rings is 1. The van der Waals surface area contributed by atoms with Crippen LogP contribution in [0.15, 0.2) is 48.7 Å². The molecule has 0 N–H and O–H groups in total. The van der Waals surface area contributed by atoms with Gasteiger partial charge < -0.3 is 4.90 Å². The molecule has 5 rings (SSSR count). The number of halogens is 1. The molecule has 0 atom stereocenters. The monoisotopic (exact) mass is 443 g/mol. The number of nitrogens with zero attached hydrogens (tertiary/aromatic N) is 5. The van der Waals surface area contributed by atoms with E-state index in [1.54, 1.807) is 22.8 Å². The summed E-state index contributed by atoms with van der Waals surface area (Å²) in [6.45, 7) is 7.19. The van der Waals surface area contributed by atoms with Crippen LogP contribution in [0, 0.1) is 26.6 Å². The fraction of sp³-hybridized carbons (Fsp3) is 0.308. The van der Waals surface area contributed by atoms with Gasteiger partial charge in [0.1, 0.15) is 11.4 Å². The average molecular weight is 444 g/mol. The Bertz CT molecular complexity index is 1340. The van der Waals surface area contributed by atoms with Crippen LogP contribution in [0.3, 0.4) is 0 Å². The fourth-order valence-electron chi connectivity index (χ4n) is 4.68. The second-order valence-corrected chi connectivity index (χ2v) is 8.83. The molecule has 0 bridgehead atoms. The Morgan fingerprint density at radius 1 is 0.939 bits per heavy atom. The first-order valence-corrected chi connectivity index (χ1v) is 11.2. The molecule has 0 unspecified atom stereocenters. The third-order valence-corrected chi connectivity index (χ3v) is 6.36. The summed E-state index contributed by atoms with van der Waals surface area (Å²) in [5.74, 6) is 0.0123. The van der Waals surface area contributed by atoms with Gasteiger partial charge in [0.15, 0.2) is 5.65 Å². The summed E-state index contributed by atoms with van der Waals surface area (Å²) in [5, 5.41) is 4.36. The molecule has 1 fully saturated rings. The lowest BCUT2D eigenvalue weighted by Gasteiger charge is -2.31. The number of hydrogen-bond donors (Lipinski definition) is 0. The van der Waals surface area contributed by atoms with E-state index >= 15 is 0 Å². The number of pyridine rings is 1. The number of aromatic nitrogens is 4. The van der Waals surface area contributed by atoms with Gasteiger partial charge in [-0.05, 0) is 75.1 Å². The van der Waals surface area contributed by atoms with Gasteiger partial charge in [-0.1, -0.05) is 12.1 Å². The minimum atomic E-state index is -0.242. The highest BCUT2D eigenvalue weighted by Gasteiger charge is 2.28. The van der Waals surface area contributed by atoms with Gasteiger partial charge in [-0.15, -0.1) is 0 Å². The van der Waals surface area contributed by atoms with Crippen molar-refractivity contribution in [2.45, 2.75) is 39.5 Å². The maximum Gasteiger partial charge on any atom is 0.259 e. The van der Waals surface area contributed by atoms with Crippen LogP contribution in [0.25, 0.3) is 16.8 Å². The van der Waals surface area contributed by atoms with E-state index in [0.717, 1.165) is 46.7 Å². The van der Waals surface area contributed by atoms with Crippen molar-refractivity contribution in [2.24, 2.45) is 0 Å². The van der Waals surface area contributed by atoms with Crippen molar-refractivity contribution in [1.82, 2.24) is 24.5 Å². The lowest BCUT2D eigenvalue weighted by atomic mass is 9.91. The standard InChI is InChI=1S/C26H26FN5O/c1-16-12-18(3)32-25(30-16)23(15-28-32)26(33)31-10-8-20(9-11-31)24-14-21(13-17(2)29-24)19-4-6-22(27)7-5-19/h4-7,12-15,20H,8-11H2,1-3H3. The Hall–Kier alpha value is -3.61. The molecule has 0 saturated carbocycles. The Morgan fingerprint density at radius 3 is 2.36 bits per heavy atom. The summed E-state index contributed by atoms with van der Waals surface area (Å²) in [6.07, 6.45) is 3.31. The van der Waals surface area contributed by atoms with E-state index in [4.69, 9.17) is 4.98 Å². The van der Waals surface area contributed by atoms with Crippen LogP contribution >= 0.6 is 0 Å². The van der Waals surface area contributed by atoms with Crippen molar-refractivity contribution < 1.29 is 9.18 Å². The summed E-state index contributed by atoms with van der Waals surface area (Å²) in [6, 6.07) is 12.6. The van der Waals surface area contributed by atoms with E-state index in [-0.39, 0.29) is 17.6 Å². The molecule has 1 aliphatic heterocycles. The maximum absolute atomic E-state index is 13.3. The smallest absolute Gasteiger partial charge is 0.259 e. The van der Waals surface area contributed by atoms with Gasteiger partial charge in [0.05, 0.1) is 6.20 Å². The van der Waals surface area contributed by atoms with Gasteiger partial charge in [0.25, 0.3) is 5.91 Å². The predicted octanol–water partition coefficient (Wildman–Crippen LogP) is 4.88. The van der Waals surface area contributed by atoms with Gasteiger partial charge in [0, 0.05) is 41.8 Å². The van der Waals surface area contributed by atoms with Crippen molar-refractivity contribution in [3.05, 3.63) is 82.8 Å². The van der Waals surface area contributed by atoms with E-state index in [2.05, 4.69) is 16.1 Å². The Labute approximate surface area is 192 Å². The first kappa shape index (κ1) is 21.2. The molecule has 1 amide bonds. The number of rotatable bonds is 3. The topological polar surface area (TPSA) is 63.4 Å². The summed E-state index contributed by atoms with van der Waals surface area (Å²) in [4.78, 5) is 24.5. The number of hydrogen-bond acceptors (Lipinski definition) is 4. The minimum Gasteiger partial charge on any atom is -0.338 e. The highest BCUT2D eigenvalue weighted by molar-refractivity contribution is 5.99. The number of aryl methyl sites for hydroxylation is 3. The molecular formula is C26H26FN5O. The Kier molecular flexibility index (Phi) is 5.40. The molecule has 4 aromatic rings. The van der Waals surface area contributed by atoms with Gasteiger partial charge in [-0.3, -0.25) is 9.78 Å². The molecule has 3 aromatic heterocycles. The molecule has 0 radical (unpaired) electrons. The molecule has 1 aliphatic rings. The molecule has 0 spiro atoms. The van der Waals surface area contributed by atoms with Crippen molar-refractivity contribution in [3.8, 4) is 11.1 Å². The van der Waals surface area contributed by atoms with E-state index in [0.29, 0.717) is 24.3 Å². The van der Waals surface area contributed by atoms with E-state index < -0.39 is 0 Å². The van der Waals surface area contributed by atoms with Crippen molar-refractivity contribution in [2.75, 3.05) is 13.1 Å². The molecule has 168 valence electrons. The molecule has 1 saturated heterocycles. The van der Waals surface area contributed by atoms with Crippen LogP contribution in [0.4, 0.5) is 4.39 Å². The lowest BCUT2D eigenvalue weighted by Crippen LogP contribution is -2.38. The quantitative estimate of drug-likeness (QED) is 0.453. The zero-order chi connectivity index (χ0) is 23.1. The SMILES string of the molecule is Cc1cc(-c2ccc(F)cc2)cc(C2CCN(C(=O)c3cnn4c(C)cc(C)nc34)CC2)n1. The lowest BCUT2D eigenvalue weighted by molar-refractivity contribution is 0.0714. The fourth-order valence-corrected chi connectivity index (χ4v) is 4.68. The number of fused-ring (bicyclic) bond motifs is 1. The summed E-state index contributed by atoms with van der Waals surface area (Å²) >= 11 is 0. The van der Waals surface area contributed by atoms with E-state index in [1.807, 2.05) is 37.8 Å². The maximum atomic E-state index is 13.3. The van der Waals surface area contributed by atoms with E-state index in [9.17, 15) is 9.18 Å². The number of carbonyl (C=O) groups is 1. The van der Waals surface area contributed by atoms with Crippen LogP contribution in [0.5, 0.6) is 0 Å². The minimum absolute atomic E-state index is 0.0230. The number of benzene rings is 1. The molecule has 1 aromatic carbocycles. The van der Waals surface area contributed by atoms with Gasteiger partial charge >= 0.3 is 0 Å². The first-order chi connectivity index (χ1) is 15.9. The summed E-state index contributed by atoms with van der Waals surface area (Å²) < 4.78 is 15.1. The van der Waals surface area contributed by atoms with Crippen LogP contribution in [0.1, 0.15) is 51.9 Å². The number of likely N-dealkylation sites (tertiary alicyclic amines) is 1. The van der Waals surface area contributed by atoms with Gasteiger partial charge in [-0.25, -0.2) is 13.9 Å². The highest BCUT2D eigenvalue weighted by atomic mass is 19.1. The van der Waals surface area contributed by atoms with Crippen LogP contribution in [-0.4, -0.2) is 43.5 Å². The normalized spacial score (nSPS) is 14.7. The van der Waals surface area contributed by atoms with Gasteiger partial charge in [0.2, 0.25) is 0 Å². The largest absolute Gasteiger partial charge is 0.338 e. The van der Waals surface area contributed by atoms with E-state index in [1.165, 1.54) is 12.1 Å². The van der Waals surface area contributed by atoms with Gasteiger partial charge in [-0.2, -0.15) is 5.10 Å². The zero-order valence-corrected chi connectivity index (χ0v) is 19.0. The molecule has 33 heavy (non-hydrogen) atoms. The third-order valence-electron chi connectivity index (χ3n) is 6.36. The first-order valence-electron chi connectivity index (χ1n) is 11.2. The predicted molar refractivity (Wildman–Crippen MR) is 125 cm³/mol. The zero-order valence-electron chi connectivity index (χ0n) is 19.0. The third kappa shape index (κ3) is 4.11. The molecule has 7 heteroatoms. The Balaban J connectivity index is 1.33. The second kappa shape index (κ2) is 8.39. The van der Waals surface area contributed by atoms with Crippen molar-refractivity contribution in [3.63, 3.8) is 0 Å². The average Bonchev–Trinajstić information content (AvgIpc) is 3.23. The number of amides is 1.